The zero-order valence-electron chi connectivity index (χ0n) is 20.3. The third kappa shape index (κ3) is 3.61. The molecule has 0 bridgehead atoms. The Balaban J connectivity index is 1.58. The van der Waals surface area contributed by atoms with E-state index >= 15 is 0 Å². The highest BCUT2D eigenvalue weighted by atomic mass is 16.4. The summed E-state index contributed by atoms with van der Waals surface area (Å²) in [5.74, 6) is 3.26. The summed E-state index contributed by atoms with van der Waals surface area (Å²) in [6.07, 6.45) is 8.86. The number of carbonyl (C=O) groups excluding carboxylic acids is 1. The summed E-state index contributed by atoms with van der Waals surface area (Å²) in [5, 5.41) is 9.19. The number of likely N-dealkylation sites (N-methyl/N-ethyl adjacent to an activating group) is 1. The van der Waals surface area contributed by atoms with Gasteiger partial charge < -0.3 is 5.11 Å². The second-order valence-electron chi connectivity index (χ2n) is 12.3. The number of carboxylic acid groups (broad SMARTS) is 1. The molecular weight excluding hydrogens is 386 g/mol. The van der Waals surface area contributed by atoms with Crippen LogP contribution in [0.5, 0.6) is 0 Å². The SMILES string of the molecule is C=C1C[C@H]2[C@@H]3CCC4CC(=O)C(N(C)C)C[C@]4(C)[C@H]3CC[C@]2(C)[C@H]1[C@H](C)CCC(=O)O. The fraction of sp³-hybridized carbons (Fsp3) is 0.852. The highest BCUT2D eigenvalue weighted by molar-refractivity contribution is 5.85. The third-order valence-corrected chi connectivity index (χ3v) is 10.6. The van der Waals surface area contributed by atoms with Crippen molar-refractivity contribution in [2.24, 2.45) is 46.3 Å². The van der Waals surface area contributed by atoms with E-state index in [-0.39, 0.29) is 23.3 Å². The first-order valence-corrected chi connectivity index (χ1v) is 12.6. The Labute approximate surface area is 188 Å². The number of nitrogens with zero attached hydrogens (tertiary/aromatic N) is 1. The molecule has 0 aliphatic heterocycles. The van der Waals surface area contributed by atoms with E-state index in [2.05, 4.69) is 46.3 Å². The van der Waals surface area contributed by atoms with Gasteiger partial charge in [0.1, 0.15) is 5.78 Å². The van der Waals surface area contributed by atoms with Crippen molar-refractivity contribution in [3.8, 4) is 0 Å². The molecule has 9 atom stereocenters. The Morgan fingerprint density at radius 1 is 1.16 bits per heavy atom. The van der Waals surface area contributed by atoms with Gasteiger partial charge in [-0.05, 0) is 105 Å². The van der Waals surface area contributed by atoms with E-state index in [9.17, 15) is 14.7 Å². The quantitative estimate of drug-likeness (QED) is 0.593. The van der Waals surface area contributed by atoms with Gasteiger partial charge in [0.05, 0.1) is 6.04 Å². The van der Waals surface area contributed by atoms with Gasteiger partial charge in [0.25, 0.3) is 0 Å². The fourth-order valence-corrected chi connectivity index (χ4v) is 9.13. The van der Waals surface area contributed by atoms with Gasteiger partial charge in [-0.1, -0.05) is 32.9 Å². The maximum Gasteiger partial charge on any atom is 0.303 e. The number of fused-ring (bicyclic) bond motifs is 5. The van der Waals surface area contributed by atoms with Crippen LogP contribution in [0, 0.1) is 46.3 Å². The molecule has 0 amide bonds. The summed E-state index contributed by atoms with van der Waals surface area (Å²) in [7, 11) is 4.13. The molecule has 4 rings (SSSR count). The molecule has 1 N–H and O–H groups in total. The van der Waals surface area contributed by atoms with Crippen molar-refractivity contribution >= 4 is 11.8 Å². The van der Waals surface area contributed by atoms with Crippen LogP contribution >= 0.6 is 0 Å². The molecular formula is C27H43NO3. The zero-order chi connectivity index (χ0) is 22.7. The maximum atomic E-state index is 12.8. The topological polar surface area (TPSA) is 57.6 Å². The van der Waals surface area contributed by atoms with Crippen LogP contribution in [0.1, 0.15) is 78.6 Å². The standard InChI is InChI=1S/C27H43NO3/c1-16(7-10-24(30)31)25-17(2)13-21-19-9-8-18-14-23(29)22(28(5)6)15-27(18,4)20(19)11-12-26(21,25)3/h16,18-22,25H,2,7-15H2,1,3-6H3,(H,30,31)/t16-,18?,19-,20+,21+,22?,25+,26+,27+/m1/s1. The molecule has 0 aromatic carbocycles. The van der Waals surface area contributed by atoms with E-state index in [0.29, 0.717) is 35.4 Å². The van der Waals surface area contributed by atoms with Crippen LogP contribution in [0.15, 0.2) is 12.2 Å². The highest BCUT2D eigenvalue weighted by Gasteiger charge is 2.62. The molecule has 4 aliphatic rings. The Bertz CT molecular complexity index is 760. The summed E-state index contributed by atoms with van der Waals surface area (Å²) in [6, 6.07) is 0.0793. The predicted octanol–water partition coefficient (Wildman–Crippen LogP) is 5.42. The van der Waals surface area contributed by atoms with Crippen LogP contribution in [-0.2, 0) is 9.59 Å². The molecule has 2 unspecified atom stereocenters. The lowest BCUT2D eigenvalue weighted by Crippen LogP contribution is -2.57. The van der Waals surface area contributed by atoms with E-state index in [1.165, 1.54) is 31.3 Å². The van der Waals surface area contributed by atoms with E-state index in [4.69, 9.17) is 0 Å². The van der Waals surface area contributed by atoms with E-state index in [1.807, 2.05) is 0 Å². The van der Waals surface area contributed by atoms with Crippen LogP contribution < -0.4 is 0 Å². The molecule has 4 saturated carbocycles. The number of rotatable bonds is 5. The lowest BCUT2D eigenvalue weighted by Gasteiger charge is -2.61. The Morgan fingerprint density at radius 2 is 1.87 bits per heavy atom. The average Bonchev–Trinajstić information content (AvgIpc) is 2.96. The molecule has 174 valence electrons. The first kappa shape index (κ1) is 23.0. The van der Waals surface area contributed by atoms with Crippen LogP contribution in [0.3, 0.4) is 0 Å². The predicted molar refractivity (Wildman–Crippen MR) is 124 cm³/mol. The summed E-state index contributed by atoms with van der Waals surface area (Å²) < 4.78 is 0. The summed E-state index contributed by atoms with van der Waals surface area (Å²) in [4.78, 5) is 26.1. The van der Waals surface area contributed by atoms with Gasteiger partial charge in [0, 0.05) is 12.8 Å². The Morgan fingerprint density at radius 3 is 2.52 bits per heavy atom. The number of hydrogen-bond donors (Lipinski definition) is 1. The molecule has 0 spiro atoms. The molecule has 0 saturated heterocycles. The van der Waals surface area contributed by atoms with Gasteiger partial charge >= 0.3 is 5.97 Å². The van der Waals surface area contributed by atoms with Crippen molar-refractivity contribution in [3.63, 3.8) is 0 Å². The number of allylic oxidation sites excluding steroid dienone is 1. The molecule has 0 radical (unpaired) electrons. The second kappa shape index (κ2) is 8.01. The van der Waals surface area contributed by atoms with Crippen LogP contribution in [0.2, 0.25) is 0 Å². The Kier molecular flexibility index (Phi) is 5.94. The summed E-state index contributed by atoms with van der Waals surface area (Å²) in [6.45, 7) is 11.8. The van der Waals surface area contributed by atoms with Crippen molar-refractivity contribution < 1.29 is 14.7 Å². The largest absolute Gasteiger partial charge is 0.481 e. The minimum absolute atomic E-state index is 0.0793. The van der Waals surface area contributed by atoms with Gasteiger partial charge in [-0.2, -0.15) is 0 Å². The van der Waals surface area contributed by atoms with E-state index in [0.717, 1.165) is 31.6 Å². The second-order valence-corrected chi connectivity index (χ2v) is 12.3. The molecule has 4 heteroatoms. The van der Waals surface area contributed by atoms with Gasteiger partial charge in [-0.25, -0.2) is 0 Å². The number of carbonyl (C=O) groups is 2. The molecule has 4 nitrogen and oxygen atoms in total. The van der Waals surface area contributed by atoms with Gasteiger partial charge in [-0.15, -0.1) is 0 Å². The average molecular weight is 430 g/mol. The van der Waals surface area contributed by atoms with Crippen molar-refractivity contribution in [2.45, 2.75) is 84.6 Å². The Hall–Kier alpha value is -1.16. The normalized spacial score (nSPS) is 45.7. The minimum atomic E-state index is -0.686. The molecule has 4 aliphatic carbocycles. The van der Waals surface area contributed by atoms with Crippen molar-refractivity contribution in [1.82, 2.24) is 4.90 Å². The lowest BCUT2D eigenvalue weighted by molar-refractivity contribution is -0.149. The van der Waals surface area contributed by atoms with Crippen molar-refractivity contribution in [2.75, 3.05) is 14.1 Å². The first-order valence-electron chi connectivity index (χ1n) is 12.6. The number of hydrogen-bond acceptors (Lipinski definition) is 3. The first-order chi connectivity index (χ1) is 14.5. The molecule has 0 heterocycles. The number of aliphatic carboxylic acids is 1. The molecule has 31 heavy (non-hydrogen) atoms. The zero-order valence-corrected chi connectivity index (χ0v) is 20.3. The maximum absolute atomic E-state index is 12.8. The van der Waals surface area contributed by atoms with Crippen molar-refractivity contribution in [3.05, 3.63) is 12.2 Å². The lowest BCUT2D eigenvalue weighted by atomic mass is 9.44. The van der Waals surface area contributed by atoms with Crippen molar-refractivity contribution in [1.29, 1.82) is 0 Å². The van der Waals surface area contributed by atoms with Crippen LogP contribution in [-0.4, -0.2) is 41.9 Å². The van der Waals surface area contributed by atoms with Crippen LogP contribution in [0.4, 0.5) is 0 Å². The van der Waals surface area contributed by atoms with Gasteiger partial charge in [-0.3, -0.25) is 14.5 Å². The third-order valence-electron chi connectivity index (χ3n) is 10.6. The fourth-order valence-electron chi connectivity index (χ4n) is 9.13. The summed E-state index contributed by atoms with van der Waals surface area (Å²) >= 11 is 0. The van der Waals surface area contributed by atoms with E-state index in [1.54, 1.807) is 0 Å². The monoisotopic (exact) mass is 429 g/mol. The molecule has 0 aromatic heterocycles. The number of ketones is 1. The number of Topliss-reactive ketones (excluding diaryl/α,β-unsaturated/α-hetero) is 1. The smallest absolute Gasteiger partial charge is 0.303 e. The number of carboxylic acids is 1. The summed E-state index contributed by atoms with van der Waals surface area (Å²) in [5.41, 5.74) is 1.90. The van der Waals surface area contributed by atoms with Gasteiger partial charge in [0.2, 0.25) is 0 Å². The van der Waals surface area contributed by atoms with Gasteiger partial charge in [0.15, 0.2) is 0 Å². The highest BCUT2D eigenvalue weighted by Crippen LogP contribution is 2.69. The minimum Gasteiger partial charge on any atom is -0.481 e. The molecule has 0 aromatic rings. The van der Waals surface area contributed by atoms with Crippen LogP contribution in [0.25, 0.3) is 0 Å². The molecule has 4 fully saturated rings. The van der Waals surface area contributed by atoms with E-state index < -0.39 is 5.97 Å².